The molecular formula is C22H22N4O3S. The average molecular weight is 423 g/mol. The van der Waals surface area contributed by atoms with Gasteiger partial charge in [-0.05, 0) is 54.8 Å². The fraction of sp³-hybridized carbons (Fsp3) is 0.273. The van der Waals surface area contributed by atoms with Gasteiger partial charge in [-0.15, -0.1) is 0 Å². The topological polar surface area (TPSA) is 95.2 Å². The highest BCUT2D eigenvalue weighted by Gasteiger charge is 2.27. The Bertz CT molecular complexity index is 1310. The van der Waals surface area contributed by atoms with Crippen LogP contribution >= 0.6 is 0 Å². The number of H-pyrrole nitrogens is 1. The largest absolute Gasteiger partial charge is 0.358 e. The third-order valence-electron chi connectivity index (χ3n) is 5.87. The quantitative estimate of drug-likeness (QED) is 0.677. The van der Waals surface area contributed by atoms with Gasteiger partial charge in [0.15, 0.2) is 0 Å². The molecule has 1 aromatic carbocycles. The normalized spacial score (nSPS) is 16.6. The van der Waals surface area contributed by atoms with Gasteiger partial charge < -0.3 is 15.2 Å². The van der Waals surface area contributed by atoms with Crippen LogP contribution < -0.4 is 10.2 Å². The van der Waals surface area contributed by atoms with Crippen LogP contribution in [-0.2, 0) is 21.1 Å². The van der Waals surface area contributed by atoms with Crippen LogP contribution in [0.1, 0.15) is 24.5 Å². The second-order valence-corrected chi connectivity index (χ2v) is 9.55. The molecule has 0 bridgehead atoms. The standard InChI is InChI=1S/C22H22N4O3S/c1-14(27)26-11-7-16-12-17(2-3-19(16)26)30(28,29)20-6-10-24-21-18(13-25-22(20)21)15-4-8-23-9-5-15/h2-4,6,10,12-13,23,25H,5,7-9,11H2,1H3. The number of sulfone groups is 1. The van der Waals surface area contributed by atoms with Crippen LogP contribution in [-0.4, -0.2) is 43.9 Å². The van der Waals surface area contributed by atoms with Crippen LogP contribution in [0, 0.1) is 0 Å². The van der Waals surface area contributed by atoms with Crippen LogP contribution in [0.15, 0.2) is 52.5 Å². The van der Waals surface area contributed by atoms with E-state index in [0.29, 0.717) is 24.0 Å². The Labute approximate surface area is 174 Å². The van der Waals surface area contributed by atoms with Gasteiger partial charge in [0, 0.05) is 43.7 Å². The molecule has 1 amide bonds. The molecule has 0 fully saturated rings. The van der Waals surface area contributed by atoms with Gasteiger partial charge in [0.2, 0.25) is 15.7 Å². The number of hydrogen-bond acceptors (Lipinski definition) is 5. The number of carbonyl (C=O) groups excluding carboxylic acids is 1. The maximum Gasteiger partial charge on any atom is 0.223 e. The number of fused-ring (bicyclic) bond motifs is 2. The summed E-state index contributed by atoms with van der Waals surface area (Å²) in [6, 6.07) is 6.55. The minimum Gasteiger partial charge on any atom is -0.358 e. The molecule has 2 aliphatic heterocycles. The Balaban J connectivity index is 1.59. The fourth-order valence-corrected chi connectivity index (χ4v) is 5.80. The zero-order valence-electron chi connectivity index (χ0n) is 16.6. The summed E-state index contributed by atoms with van der Waals surface area (Å²) in [7, 11) is -3.75. The maximum atomic E-state index is 13.5. The molecule has 3 aromatic rings. The Morgan fingerprint density at radius 1 is 1.20 bits per heavy atom. The van der Waals surface area contributed by atoms with Crippen molar-refractivity contribution in [2.75, 3.05) is 24.5 Å². The van der Waals surface area contributed by atoms with Crippen LogP contribution in [0.5, 0.6) is 0 Å². The van der Waals surface area contributed by atoms with E-state index >= 15 is 0 Å². The molecule has 30 heavy (non-hydrogen) atoms. The first-order valence-corrected chi connectivity index (χ1v) is 11.5. The highest BCUT2D eigenvalue weighted by Crippen LogP contribution is 2.35. The number of aromatic nitrogens is 2. The van der Waals surface area contributed by atoms with Gasteiger partial charge in [0.05, 0.1) is 20.8 Å². The molecule has 4 heterocycles. The number of anilines is 1. The van der Waals surface area contributed by atoms with Crippen molar-refractivity contribution in [1.82, 2.24) is 15.3 Å². The molecule has 8 heteroatoms. The molecular weight excluding hydrogens is 400 g/mol. The van der Waals surface area contributed by atoms with Gasteiger partial charge in [0.1, 0.15) is 0 Å². The highest BCUT2D eigenvalue weighted by atomic mass is 32.2. The lowest BCUT2D eigenvalue weighted by atomic mass is 10.0. The van der Waals surface area contributed by atoms with Crippen molar-refractivity contribution in [3.05, 3.63) is 53.9 Å². The van der Waals surface area contributed by atoms with Gasteiger partial charge in [-0.1, -0.05) is 6.08 Å². The number of benzene rings is 1. The van der Waals surface area contributed by atoms with Crippen LogP contribution in [0.25, 0.3) is 16.6 Å². The number of hydrogen-bond donors (Lipinski definition) is 2. The van der Waals surface area contributed by atoms with E-state index in [1.165, 1.54) is 12.5 Å². The van der Waals surface area contributed by atoms with Crippen molar-refractivity contribution < 1.29 is 13.2 Å². The maximum absolute atomic E-state index is 13.5. The molecule has 7 nitrogen and oxygen atoms in total. The Morgan fingerprint density at radius 3 is 2.83 bits per heavy atom. The number of amides is 1. The lowest BCUT2D eigenvalue weighted by Gasteiger charge is -2.15. The highest BCUT2D eigenvalue weighted by molar-refractivity contribution is 7.91. The number of rotatable bonds is 3. The second kappa shape index (κ2) is 7.07. The molecule has 0 unspecified atom stereocenters. The number of nitrogens with zero attached hydrogens (tertiary/aromatic N) is 2. The van der Waals surface area contributed by atoms with E-state index < -0.39 is 9.84 Å². The average Bonchev–Trinajstić information content (AvgIpc) is 3.38. The minimum absolute atomic E-state index is 0.0358. The van der Waals surface area contributed by atoms with Crippen LogP contribution in [0.4, 0.5) is 5.69 Å². The van der Waals surface area contributed by atoms with Crippen molar-refractivity contribution in [3.8, 4) is 0 Å². The fourth-order valence-electron chi connectivity index (χ4n) is 4.34. The molecule has 154 valence electrons. The van der Waals surface area contributed by atoms with E-state index in [0.717, 1.165) is 36.3 Å². The molecule has 0 saturated heterocycles. The minimum atomic E-state index is -3.75. The van der Waals surface area contributed by atoms with E-state index in [1.54, 1.807) is 35.4 Å². The lowest BCUT2D eigenvalue weighted by Crippen LogP contribution is -2.25. The van der Waals surface area contributed by atoms with Gasteiger partial charge in [0.25, 0.3) is 0 Å². The number of pyridine rings is 1. The van der Waals surface area contributed by atoms with E-state index in [1.807, 2.05) is 6.20 Å². The SMILES string of the molecule is CC(=O)N1CCc2cc(S(=O)(=O)c3ccnc4c(C5=CCNCC5)c[nH]c34)ccc21. The molecule has 0 aliphatic carbocycles. The number of nitrogens with one attached hydrogen (secondary N) is 2. The van der Waals surface area contributed by atoms with Crippen molar-refractivity contribution in [2.24, 2.45) is 0 Å². The molecule has 2 aromatic heterocycles. The summed E-state index contributed by atoms with van der Waals surface area (Å²) in [6.07, 6.45) is 7.05. The number of aromatic amines is 1. The molecule has 0 saturated carbocycles. The van der Waals surface area contributed by atoms with Crippen molar-refractivity contribution >= 4 is 38.0 Å². The van der Waals surface area contributed by atoms with Gasteiger partial charge >= 0.3 is 0 Å². The van der Waals surface area contributed by atoms with Gasteiger partial charge in [-0.25, -0.2) is 8.42 Å². The molecule has 0 atom stereocenters. The van der Waals surface area contributed by atoms with E-state index in [9.17, 15) is 13.2 Å². The zero-order chi connectivity index (χ0) is 20.9. The summed E-state index contributed by atoms with van der Waals surface area (Å²) in [6.45, 7) is 3.79. The number of carbonyl (C=O) groups is 1. The summed E-state index contributed by atoms with van der Waals surface area (Å²) in [5.74, 6) is -0.0358. The van der Waals surface area contributed by atoms with E-state index in [-0.39, 0.29) is 15.7 Å². The summed E-state index contributed by atoms with van der Waals surface area (Å²) in [5, 5.41) is 3.28. The predicted octanol–water partition coefficient (Wildman–Crippen LogP) is 2.68. The summed E-state index contributed by atoms with van der Waals surface area (Å²) in [4.78, 5) is 21.5. The Kier molecular flexibility index (Phi) is 4.48. The molecule has 5 rings (SSSR count). The summed E-state index contributed by atoms with van der Waals surface area (Å²) >= 11 is 0. The molecule has 2 aliphatic rings. The van der Waals surface area contributed by atoms with E-state index in [4.69, 9.17) is 0 Å². The monoisotopic (exact) mass is 422 g/mol. The smallest absolute Gasteiger partial charge is 0.223 e. The Morgan fingerprint density at radius 2 is 2.07 bits per heavy atom. The van der Waals surface area contributed by atoms with E-state index in [2.05, 4.69) is 21.4 Å². The first kappa shape index (κ1) is 19.0. The van der Waals surface area contributed by atoms with Gasteiger partial charge in [-0.2, -0.15) is 0 Å². The predicted molar refractivity (Wildman–Crippen MR) is 115 cm³/mol. The Hall–Kier alpha value is -2.97. The van der Waals surface area contributed by atoms with Crippen LogP contribution in [0.2, 0.25) is 0 Å². The first-order chi connectivity index (χ1) is 14.5. The molecule has 0 spiro atoms. The summed E-state index contributed by atoms with van der Waals surface area (Å²) < 4.78 is 27.0. The van der Waals surface area contributed by atoms with Gasteiger partial charge in [-0.3, -0.25) is 9.78 Å². The third kappa shape index (κ3) is 2.95. The molecule has 0 radical (unpaired) electrons. The lowest BCUT2D eigenvalue weighted by molar-refractivity contribution is -0.116. The summed E-state index contributed by atoms with van der Waals surface area (Å²) in [5.41, 5.74) is 4.99. The molecule has 2 N–H and O–H groups in total. The van der Waals surface area contributed by atoms with Crippen LogP contribution in [0.3, 0.4) is 0 Å². The van der Waals surface area contributed by atoms with Crippen molar-refractivity contribution in [3.63, 3.8) is 0 Å². The first-order valence-electron chi connectivity index (χ1n) is 9.99. The zero-order valence-corrected chi connectivity index (χ0v) is 17.4. The van der Waals surface area contributed by atoms with Crippen molar-refractivity contribution in [2.45, 2.75) is 29.6 Å². The van der Waals surface area contributed by atoms with Crippen molar-refractivity contribution in [1.29, 1.82) is 0 Å². The second-order valence-electron chi connectivity index (χ2n) is 7.63. The third-order valence-corrected chi connectivity index (χ3v) is 7.66.